The van der Waals surface area contributed by atoms with Crippen molar-refractivity contribution in [2.24, 2.45) is 7.05 Å². The molecular weight excluding hydrogens is 228 g/mol. The lowest BCUT2D eigenvalue weighted by atomic mass is 10.1. The largest absolute Gasteiger partial charge is 0.352 e. The summed E-state index contributed by atoms with van der Waals surface area (Å²) < 4.78 is 1.55. The number of para-hydroxylation sites is 1. The summed E-state index contributed by atoms with van der Waals surface area (Å²) in [4.78, 5) is 23.8. The molecule has 4 nitrogen and oxygen atoms in total. The van der Waals surface area contributed by atoms with E-state index >= 15 is 0 Å². The number of hydrogen-bond donors (Lipinski definition) is 1. The number of pyridine rings is 1. The number of hydrogen-bond acceptors (Lipinski definition) is 2. The first-order chi connectivity index (χ1) is 8.65. The molecule has 4 heteroatoms. The molecule has 1 heterocycles. The molecule has 0 bridgehead atoms. The van der Waals surface area contributed by atoms with Gasteiger partial charge in [0.15, 0.2) is 0 Å². The van der Waals surface area contributed by atoms with Crippen molar-refractivity contribution in [3.63, 3.8) is 0 Å². The highest BCUT2D eigenvalue weighted by molar-refractivity contribution is 6.06. The lowest BCUT2D eigenvalue weighted by Gasteiger charge is -2.09. The predicted molar refractivity (Wildman–Crippen MR) is 71.8 cm³/mol. The maximum Gasteiger partial charge on any atom is 0.252 e. The first kappa shape index (κ1) is 12.4. The van der Waals surface area contributed by atoms with Crippen molar-refractivity contribution in [2.75, 3.05) is 6.54 Å². The van der Waals surface area contributed by atoms with E-state index in [1.165, 1.54) is 6.07 Å². The third-order valence-electron chi connectivity index (χ3n) is 2.93. The van der Waals surface area contributed by atoms with Gasteiger partial charge in [0.1, 0.15) is 0 Å². The van der Waals surface area contributed by atoms with Gasteiger partial charge in [-0.2, -0.15) is 0 Å². The number of nitrogens with zero attached hydrogens (tertiary/aromatic N) is 1. The number of fused-ring (bicyclic) bond motifs is 1. The number of nitrogens with one attached hydrogen (secondary N) is 1. The molecule has 2 rings (SSSR count). The molecule has 0 saturated carbocycles. The van der Waals surface area contributed by atoms with Gasteiger partial charge in [-0.3, -0.25) is 9.59 Å². The Morgan fingerprint density at radius 2 is 2.06 bits per heavy atom. The van der Waals surface area contributed by atoms with Crippen LogP contribution in [0.3, 0.4) is 0 Å². The van der Waals surface area contributed by atoms with Crippen molar-refractivity contribution in [3.05, 3.63) is 46.2 Å². The summed E-state index contributed by atoms with van der Waals surface area (Å²) in [6, 6.07) is 8.81. The maximum absolute atomic E-state index is 12.0. The fourth-order valence-corrected chi connectivity index (χ4v) is 1.93. The van der Waals surface area contributed by atoms with Gasteiger partial charge in [0, 0.05) is 25.0 Å². The van der Waals surface area contributed by atoms with E-state index in [4.69, 9.17) is 0 Å². The van der Waals surface area contributed by atoms with Crippen molar-refractivity contribution >= 4 is 16.8 Å². The monoisotopic (exact) mass is 244 g/mol. The van der Waals surface area contributed by atoms with Gasteiger partial charge in [0.25, 0.3) is 11.5 Å². The lowest BCUT2D eigenvalue weighted by Crippen LogP contribution is -2.27. The number of aromatic nitrogens is 1. The molecule has 0 radical (unpaired) electrons. The molecule has 0 aliphatic carbocycles. The highest BCUT2D eigenvalue weighted by atomic mass is 16.2. The zero-order chi connectivity index (χ0) is 13.1. The highest BCUT2D eigenvalue weighted by Gasteiger charge is 2.12. The third-order valence-corrected chi connectivity index (χ3v) is 2.93. The first-order valence-electron chi connectivity index (χ1n) is 6.02. The molecule has 1 N–H and O–H groups in total. The van der Waals surface area contributed by atoms with Crippen molar-refractivity contribution < 1.29 is 4.79 Å². The molecule has 18 heavy (non-hydrogen) atoms. The van der Waals surface area contributed by atoms with Gasteiger partial charge in [-0.25, -0.2) is 0 Å². The summed E-state index contributed by atoms with van der Waals surface area (Å²) in [6.07, 6.45) is 0.870. The lowest BCUT2D eigenvalue weighted by molar-refractivity contribution is 0.0955. The van der Waals surface area contributed by atoms with E-state index in [1.54, 1.807) is 11.6 Å². The second-order valence-corrected chi connectivity index (χ2v) is 4.23. The van der Waals surface area contributed by atoms with E-state index in [0.29, 0.717) is 12.1 Å². The number of rotatable bonds is 3. The Hall–Kier alpha value is -2.10. The fourth-order valence-electron chi connectivity index (χ4n) is 1.93. The summed E-state index contributed by atoms with van der Waals surface area (Å²) in [5, 5.41) is 3.60. The van der Waals surface area contributed by atoms with Crippen LogP contribution >= 0.6 is 0 Å². The zero-order valence-electron chi connectivity index (χ0n) is 10.6. The maximum atomic E-state index is 12.0. The van der Waals surface area contributed by atoms with E-state index in [-0.39, 0.29) is 11.5 Å². The van der Waals surface area contributed by atoms with Crippen molar-refractivity contribution in [2.45, 2.75) is 13.3 Å². The Kier molecular flexibility index (Phi) is 3.46. The molecule has 1 amide bonds. The molecule has 0 unspecified atom stereocenters. The summed E-state index contributed by atoms with van der Waals surface area (Å²) in [6.45, 7) is 2.60. The summed E-state index contributed by atoms with van der Waals surface area (Å²) in [5.74, 6) is -0.189. The minimum atomic E-state index is -0.189. The van der Waals surface area contributed by atoms with Crippen LogP contribution in [-0.4, -0.2) is 17.0 Å². The van der Waals surface area contributed by atoms with Crippen LogP contribution in [0, 0.1) is 0 Å². The standard InChI is InChI=1S/C14H16N2O2/c1-3-8-15-14(18)11-9-13(17)16(2)12-7-5-4-6-10(11)12/h4-7,9H,3,8H2,1-2H3,(H,15,18). The average Bonchev–Trinajstić information content (AvgIpc) is 2.40. The first-order valence-corrected chi connectivity index (χ1v) is 6.02. The number of carbonyl (C=O) groups is 1. The second-order valence-electron chi connectivity index (χ2n) is 4.23. The van der Waals surface area contributed by atoms with Crippen LogP contribution in [0.1, 0.15) is 23.7 Å². The Labute approximate surface area is 105 Å². The normalized spacial score (nSPS) is 10.6. The van der Waals surface area contributed by atoms with Crippen LogP contribution in [-0.2, 0) is 7.05 Å². The van der Waals surface area contributed by atoms with Gasteiger partial charge in [0.05, 0.1) is 11.1 Å². The minimum absolute atomic E-state index is 0.171. The van der Waals surface area contributed by atoms with Crippen molar-refractivity contribution in [1.82, 2.24) is 9.88 Å². The number of benzene rings is 1. The van der Waals surface area contributed by atoms with Crippen LogP contribution in [0.15, 0.2) is 35.1 Å². The molecule has 0 fully saturated rings. The molecule has 0 aliphatic heterocycles. The quantitative estimate of drug-likeness (QED) is 0.893. The van der Waals surface area contributed by atoms with Gasteiger partial charge < -0.3 is 9.88 Å². The highest BCUT2D eigenvalue weighted by Crippen LogP contribution is 2.15. The van der Waals surface area contributed by atoms with Gasteiger partial charge in [-0.1, -0.05) is 25.1 Å². The van der Waals surface area contributed by atoms with E-state index in [1.807, 2.05) is 31.2 Å². The molecule has 0 atom stereocenters. The van der Waals surface area contributed by atoms with Gasteiger partial charge in [-0.05, 0) is 12.5 Å². The molecule has 0 saturated heterocycles. The summed E-state index contributed by atoms with van der Waals surface area (Å²) in [5.41, 5.74) is 1.05. The SMILES string of the molecule is CCCNC(=O)c1cc(=O)n(C)c2ccccc12. The Morgan fingerprint density at radius 1 is 1.33 bits per heavy atom. The van der Waals surface area contributed by atoms with Crippen LogP contribution in [0.4, 0.5) is 0 Å². The van der Waals surface area contributed by atoms with Crippen LogP contribution < -0.4 is 10.9 Å². The van der Waals surface area contributed by atoms with Crippen molar-refractivity contribution in [1.29, 1.82) is 0 Å². The molecular formula is C14H16N2O2. The van der Waals surface area contributed by atoms with E-state index < -0.39 is 0 Å². The molecule has 1 aromatic carbocycles. The molecule has 0 spiro atoms. The average molecular weight is 244 g/mol. The van der Waals surface area contributed by atoms with E-state index in [9.17, 15) is 9.59 Å². The minimum Gasteiger partial charge on any atom is -0.352 e. The predicted octanol–water partition coefficient (Wildman–Crippen LogP) is 1.68. The second kappa shape index (κ2) is 5.04. The van der Waals surface area contributed by atoms with E-state index in [0.717, 1.165) is 17.3 Å². The Balaban J connectivity index is 2.61. The summed E-state index contributed by atoms with van der Waals surface area (Å²) >= 11 is 0. The van der Waals surface area contributed by atoms with Crippen LogP contribution in [0.2, 0.25) is 0 Å². The Bertz CT molecular complexity index is 644. The van der Waals surface area contributed by atoms with Crippen LogP contribution in [0.25, 0.3) is 10.9 Å². The Morgan fingerprint density at radius 3 is 2.78 bits per heavy atom. The van der Waals surface area contributed by atoms with Crippen LogP contribution in [0.5, 0.6) is 0 Å². The number of carbonyl (C=O) groups excluding carboxylic acids is 1. The topological polar surface area (TPSA) is 51.1 Å². The van der Waals surface area contributed by atoms with Gasteiger partial charge in [-0.15, -0.1) is 0 Å². The van der Waals surface area contributed by atoms with Gasteiger partial charge in [0.2, 0.25) is 0 Å². The number of amides is 1. The third kappa shape index (κ3) is 2.14. The fraction of sp³-hybridized carbons (Fsp3) is 0.286. The van der Waals surface area contributed by atoms with Crippen molar-refractivity contribution in [3.8, 4) is 0 Å². The van der Waals surface area contributed by atoms with Gasteiger partial charge >= 0.3 is 0 Å². The molecule has 1 aromatic heterocycles. The summed E-state index contributed by atoms with van der Waals surface area (Å²) in [7, 11) is 1.71. The van der Waals surface area contributed by atoms with E-state index in [2.05, 4.69) is 5.32 Å². The zero-order valence-corrected chi connectivity index (χ0v) is 10.6. The molecule has 2 aromatic rings. The smallest absolute Gasteiger partial charge is 0.252 e. The molecule has 0 aliphatic rings. The molecule has 94 valence electrons. The number of aryl methyl sites for hydroxylation is 1.